The maximum atomic E-state index is 13.5. The Morgan fingerprint density at radius 2 is 2.22 bits per heavy atom. The van der Waals surface area contributed by atoms with E-state index in [-0.39, 0.29) is 5.82 Å². The normalized spacial score (nSPS) is 10.9. The van der Waals surface area contributed by atoms with Crippen LogP contribution < -0.4 is 5.73 Å². The largest absolute Gasteiger partial charge is 0.342 e. The van der Waals surface area contributed by atoms with Gasteiger partial charge in [-0.3, -0.25) is 0 Å². The van der Waals surface area contributed by atoms with E-state index in [4.69, 9.17) is 17.3 Å². The number of H-pyrrole nitrogens is 1. The summed E-state index contributed by atoms with van der Waals surface area (Å²) in [6.07, 6.45) is 3.31. The second kappa shape index (κ2) is 5.50. The third-order valence-corrected chi connectivity index (χ3v) is 3.10. The van der Waals surface area contributed by atoms with Crippen LogP contribution in [0.15, 0.2) is 18.3 Å². The lowest BCUT2D eigenvalue weighted by Gasteiger charge is -2.04. The van der Waals surface area contributed by atoms with Gasteiger partial charge in [0.05, 0.1) is 16.9 Å². The minimum absolute atomic E-state index is 0.271. The van der Waals surface area contributed by atoms with Crippen LogP contribution >= 0.6 is 11.6 Å². The minimum Gasteiger partial charge on any atom is -0.342 e. The fourth-order valence-electron chi connectivity index (χ4n) is 1.75. The van der Waals surface area contributed by atoms with Gasteiger partial charge in [-0.1, -0.05) is 11.6 Å². The average molecular weight is 268 g/mol. The Morgan fingerprint density at radius 3 is 2.94 bits per heavy atom. The molecule has 1 aromatic carbocycles. The van der Waals surface area contributed by atoms with E-state index in [2.05, 4.69) is 9.97 Å². The molecule has 0 saturated heterocycles. The molecule has 3 nitrogen and oxygen atoms in total. The second-order valence-corrected chi connectivity index (χ2v) is 4.62. The van der Waals surface area contributed by atoms with Gasteiger partial charge >= 0.3 is 0 Å². The Balaban J connectivity index is 2.31. The van der Waals surface area contributed by atoms with Crippen molar-refractivity contribution >= 4 is 11.6 Å². The number of hydrogen-bond donors (Lipinski definition) is 2. The van der Waals surface area contributed by atoms with Gasteiger partial charge in [0.2, 0.25) is 0 Å². The molecule has 0 aliphatic heterocycles. The first-order valence-corrected chi connectivity index (χ1v) is 6.19. The molecule has 0 fully saturated rings. The second-order valence-electron chi connectivity index (χ2n) is 4.22. The van der Waals surface area contributed by atoms with E-state index in [9.17, 15) is 4.39 Å². The summed E-state index contributed by atoms with van der Waals surface area (Å²) >= 11 is 6.12. The van der Waals surface area contributed by atoms with Gasteiger partial charge in [0.25, 0.3) is 0 Å². The van der Waals surface area contributed by atoms with Crippen molar-refractivity contribution in [1.29, 1.82) is 0 Å². The smallest absolute Gasteiger partial charge is 0.126 e. The van der Waals surface area contributed by atoms with Crippen LogP contribution in [-0.2, 0) is 6.42 Å². The van der Waals surface area contributed by atoms with Crippen molar-refractivity contribution in [3.63, 3.8) is 0 Å². The van der Waals surface area contributed by atoms with Gasteiger partial charge in [0.15, 0.2) is 0 Å². The van der Waals surface area contributed by atoms with Crippen LogP contribution in [0.2, 0.25) is 5.02 Å². The third kappa shape index (κ3) is 2.71. The molecule has 0 amide bonds. The monoisotopic (exact) mass is 267 g/mol. The van der Waals surface area contributed by atoms with Crippen LogP contribution in [0.25, 0.3) is 11.3 Å². The fraction of sp³-hybridized carbons (Fsp3) is 0.308. The number of hydrogen-bond acceptors (Lipinski definition) is 2. The van der Waals surface area contributed by atoms with Crippen LogP contribution in [0.4, 0.5) is 4.39 Å². The first-order chi connectivity index (χ1) is 8.61. The van der Waals surface area contributed by atoms with Crippen molar-refractivity contribution in [1.82, 2.24) is 9.97 Å². The molecule has 0 radical (unpaired) electrons. The van der Waals surface area contributed by atoms with Gasteiger partial charge in [0, 0.05) is 12.0 Å². The Morgan fingerprint density at radius 1 is 1.44 bits per heavy atom. The molecule has 0 aliphatic rings. The third-order valence-electron chi connectivity index (χ3n) is 2.78. The van der Waals surface area contributed by atoms with Crippen molar-refractivity contribution in [2.24, 2.45) is 5.73 Å². The number of nitrogens with one attached hydrogen (secondary N) is 1. The van der Waals surface area contributed by atoms with E-state index in [1.807, 2.05) is 0 Å². The Bertz CT molecular complexity index is 551. The molecule has 0 saturated carbocycles. The summed E-state index contributed by atoms with van der Waals surface area (Å²) in [5.41, 5.74) is 7.33. The molecule has 96 valence electrons. The molecule has 2 rings (SSSR count). The first-order valence-electron chi connectivity index (χ1n) is 5.81. The van der Waals surface area contributed by atoms with Crippen LogP contribution in [0, 0.1) is 12.7 Å². The number of nitrogens with two attached hydrogens (primary N) is 1. The van der Waals surface area contributed by atoms with Gasteiger partial charge in [-0.2, -0.15) is 0 Å². The van der Waals surface area contributed by atoms with Gasteiger partial charge in [-0.05, 0) is 37.6 Å². The number of nitrogens with zero attached hydrogens (tertiary/aromatic N) is 1. The van der Waals surface area contributed by atoms with Gasteiger partial charge in [-0.25, -0.2) is 9.37 Å². The quantitative estimate of drug-likeness (QED) is 0.894. The van der Waals surface area contributed by atoms with Crippen molar-refractivity contribution < 1.29 is 4.39 Å². The maximum Gasteiger partial charge on any atom is 0.126 e. The summed E-state index contributed by atoms with van der Waals surface area (Å²) in [7, 11) is 0. The predicted molar refractivity (Wildman–Crippen MR) is 71.1 cm³/mol. The van der Waals surface area contributed by atoms with E-state index in [1.165, 1.54) is 6.07 Å². The average Bonchev–Trinajstić information content (AvgIpc) is 2.79. The van der Waals surface area contributed by atoms with Crippen LogP contribution in [-0.4, -0.2) is 16.5 Å². The van der Waals surface area contributed by atoms with Crippen molar-refractivity contribution in [2.45, 2.75) is 19.8 Å². The summed E-state index contributed by atoms with van der Waals surface area (Å²) in [6.45, 7) is 2.31. The number of rotatable bonds is 4. The SMILES string of the molecule is Cc1cc(Cl)c(-c2cnc(CCCN)[nH]2)cc1F. The highest BCUT2D eigenvalue weighted by atomic mass is 35.5. The molecule has 3 N–H and O–H groups in total. The van der Waals surface area contributed by atoms with Gasteiger partial charge in [0.1, 0.15) is 11.6 Å². The zero-order valence-corrected chi connectivity index (χ0v) is 10.9. The number of aryl methyl sites for hydroxylation is 2. The maximum absolute atomic E-state index is 13.5. The molecule has 0 aliphatic carbocycles. The molecular weight excluding hydrogens is 253 g/mol. The highest BCUT2D eigenvalue weighted by Gasteiger charge is 2.10. The van der Waals surface area contributed by atoms with Gasteiger partial charge in [-0.15, -0.1) is 0 Å². The van der Waals surface area contributed by atoms with Crippen LogP contribution in [0.5, 0.6) is 0 Å². The lowest BCUT2D eigenvalue weighted by molar-refractivity contribution is 0.619. The van der Waals surface area contributed by atoms with E-state index in [0.29, 0.717) is 22.7 Å². The highest BCUT2D eigenvalue weighted by Crippen LogP contribution is 2.29. The fourth-order valence-corrected chi connectivity index (χ4v) is 2.07. The van der Waals surface area contributed by atoms with E-state index < -0.39 is 0 Å². The predicted octanol–water partition coefficient (Wildman–Crippen LogP) is 3.07. The summed E-state index contributed by atoms with van der Waals surface area (Å²) in [5.74, 6) is 0.569. The van der Waals surface area contributed by atoms with Crippen LogP contribution in [0.3, 0.4) is 0 Å². The van der Waals surface area contributed by atoms with E-state index in [1.54, 1.807) is 19.2 Å². The molecule has 0 spiro atoms. The Labute approximate surface area is 110 Å². The number of aromatic nitrogens is 2. The molecule has 0 bridgehead atoms. The lowest BCUT2D eigenvalue weighted by Crippen LogP contribution is -2.01. The topological polar surface area (TPSA) is 54.7 Å². The number of halogens is 2. The van der Waals surface area contributed by atoms with Gasteiger partial charge < -0.3 is 10.7 Å². The molecule has 5 heteroatoms. The summed E-state index contributed by atoms with van der Waals surface area (Å²) < 4.78 is 13.5. The molecule has 1 heterocycles. The molecule has 18 heavy (non-hydrogen) atoms. The first kappa shape index (κ1) is 13.1. The lowest BCUT2D eigenvalue weighted by atomic mass is 10.1. The number of benzene rings is 1. The molecular formula is C13H15ClFN3. The molecule has 2 aromatic rings. The Kier molecular flexibility index (Phi) is 3.99. The van der Waals surface area contributed by atoms with E-state index in [0.717, 1.165) is 24.4 Å². The summed E-state index contributed by atoms with van der Waals surface area (Å²) in [6, 6.07) is 3.05. The van der Waals surface area contributed by atoms with E-state index >= 15 is 0 Å². The molecule has 0 atom stereocenters. The Hall–Kier alpha value is -1.39. The zero-order valence-electron chi connectivity index (χ0n) is 10.1. The minimum atomic E-state index is -0.271. The summed E-state index contributed by atoms with van der Waals surface area (Å²) in [5, 5.41) is 0.517. The molecule has 1 aromatic heterocycles. The zero-order chi connectivity index (χ0) is 13.1. The van der Waals surface area contributed by atoms with Crippen molar-refractivity contribution in [3.05, 3.63) is 40.6 Å². The standard InChI is InChI=1S/C13H15ClFN3/c1-8-5-10(14)9(6-11(8)15)12-7-17-13(18-12)3-2-4-16/h5-7H,2-4,16H2,1H3,(H,17,18). The van der Waals surface area contributed by atoms with Crippen LogP contribution in [0.1, 0.15) is 17.8 Å². The number of imidazole rings is 1. The number of aromatic amines is 1. The van der Waals surface area contributed by atoms with Crippen molar-refractivity contribution in [2.75, 3.05) is 6.54 Å². The van der Waals surface area contributed by atoms with Crippen molar-refractivity contribution in [3.8, 4) is 11.3 Å². The highest BCUT2D eigenvalue weighted by molar-refractivity contribution is 6.33. The molecule has 0 unspecified atom stereocenters. The summed E-state index contributed by atoms with van der Waals surface area (Å²) in [4.78, 5) is 7.37.